The zero-order valence-corrected chi connectivity index (χ0v) is 14.2. The largest absolute Gasteiger partial charge is 0.325 e. The highest BCUT2D eigenvalue weighted by Gasteiger charge is 2.44. The molecule has 1 N–H and O–H groups in total. The Labute approximate surface area is 139 Å². The highest BCUT2D eigenvalue weighted by molar-refractivity contribution is 7.99. The van der Waals surface area contributed by atoms with Crippen LogP contribution < -0.4 is 5.32 Å². The van der Waals surface area contributed by atoms with Gasteiger partial charge in [0.15, 0.2) is 5.16 Å². The third kappa shape index (κ3) is 2.73. The molecule has 1 saturated heterocycles. The number of rotatable bonds is 6. The zero-order chi connectivity index (χ0) is 16.2. The Morgan fingerprint density at radius 3 is 2.52 bits per heavy atom. The van der Waals surface area contributed by atoms with Gasteiger partial charge in [0.2, 0.25) is 0 Å². The van der Waals surface area contributed by atoms with E-state index in [0.717, 1.165) is 11.0 Å². The van der Waals surface area contributed by atoms with Crippen molar-refractivity contribution in [3.8, 4) is 0 Å². The van der Waals surface area contributed by atoms with Gasteiger partial charge in [0.25, 0.3) is 5.91 Å². The van der Waals surface area contributed by atoms with Crippen LogP contribution in [-0.2, 0) is 4.79 Å². The van der Waals surface area contributed by atoms with Crippen LogP contribution in [-0.4, -0.2) is 49.4 Å². The summed E-state index contributed by atoms with van der Waals surface area (Å²) < 4.78 is 2.29. The Bertz CT molecular complexity index is 663. The van der Waals surface area contributed by atoms with Gasteiger partial charge in [-0.05, 0) is 39.5 Å². The maximum absolute atomic E-state index is 12.2. The van der Waals surface area contributed by atoms with Gasteiger partial charge in [0.1, 0.15) is 11.4 Å². The van der Waals surface area contributed by atoms with Gasteiger partial charge in [0, 0.05) is 24.3 Å². The summed E-state index contributed by atoms with van der Waals surface area (Å²) in [6, 6.07) is 0.252. The first kappa shape index (κ1) is 15.0. The molecular weight excluding hydrogens is 314 g/mol. The third-order valence-corrected chi connectivity index (χ3v) is 5.46. The molecule has 3 fully saturated rings. The van der Waals surface area contributed by atoms with Gasteiger partial charge in [-0.15, -0.1) is 10.2 Å². The van der Waals surface area contributed by atoms with Crippen molar-refractivity contribution in [2.24, 2.45) is 0 Å². The first-order valence-corrected chi connectivity index (χ1v) is 9.17. The van der Waals surface area contributed by atoms with Crippen molar-refractivity contribution in [1.82, 2.24) is 25.0 Å². The summed E-state index contributed by atoms with van der Waals surface area (Å²) in [6.45, 7) is 3.85. The molecule has 2 heterocycles. The van der Waals surface area contributed by atoms with Crippen LogP contribution in [0.4, 0.5) is 4.79 Å². The number of hydrogen-bond acceptors (Lipinski definition) is 5. The van der Waals surface area contributed by atoms with E-state index in [1.165, 1.54) is 30.6 Å². The molecule has 2 saturated carbocycles. The average molecular weight is 335 g/mol. The molecule has 4 rings (SSSR count). The molecule has 0 spiro atoms. The fourth-order valence-corrected chi connectivity index (χ4v) is 3.87. The van der Waals surface area contributed by atoms with Gasteiger partial charge in [-0.1, -0.05) is 11.8 Å². The number of nitrogens with zero attached hydrogens (tertiary/aromatic N) is 4. The third-order valence-electron chi connectivity index (χ3n) is 4.54. The van der Waals surface area contributed by atoms with E-state index < -0.39 is 5.54 Å². The summed E-state index contributed by atoms with van der Waals surface area (Å²) in [5.74, 6) is 2.20. The second-order valence-electron chi connectivity index (χ2n) is 7.08. The van der Waals surface area contributed by atoms with Crippen LogP contribution >= 0.6 is 11.8 Å². The molecule has 1 aromatic rings. The van der Waals surface area contributed by atoms with Crippen LogP contribution in [0.25, 0.3) is 0 Å². The lowest BCUT2D eigenvalue weighted by molar-refractivity contribution is -0.130. The summed E-state index contributed by atoms with van der Waals surface area (Å²) in [4.78, 5) is 25.3. The lowest BCUT2D eigenvalue weighted by Gasteiger charge is -2.15. The lowest BCUT2D eigenvalue weighted by atomic mass is 10.1. The predicted octanol–water partition coefficient (Wildman–Crippen LogP) is 1.91. The van der Waals surface area contributed by atoms with Crippen LogP contribution in [0.1, 0.15) is 57.3 Å². The number of carbonyl (C=O) groups is 2. The molecule has 1 aliphatic heterocycles. The lowest BCUT2D eigenvalue weighted by Crippen LogP contribution is -2.40. The van der Waals surface area contributed by atoms with Gasteiger partial charge in [-0.2, -0.15) is 0 Å². The van der Waals surface area contributed by atoms with E-state index in [4.69, 9.17) is 0 Å². The van der Waals surface area contributed by atoms with Crippen LogP contribution in [0.2, 0.25) is 0 Å². The van der Waals surface area contributed by atoms with Gasteiger partial charge >= 0.3 is 6.03 Å². The molecule has 0 unspecified atom stereocenters. The van der Waals surface area contributed by atoms with Crippen LogP contribution in [0.5, 0.6) is 0 Å². The molecule has 3 amide bonds. The second kappa shape index (κ2) is 5.22. The summed E-state index contributed by atoms with van der Waals surface area (Å²) in [6.07, 6.45) is 4.83. The van der Waals surface area contributed by atoms with Crippen molar-refractivity contribution >= 4 is 23.7 Å². The molecular formula is C15H21N5O2S. The molecule has 0 radical (unpaired) electrons. The maximum Gasteiger partial charge on any atom is 0.325 e. The molecule has 2 aliphatic carbocycles. The smallest absolute Gasteiger partial charge is 0.324 e. The Morgan fingerprint density at radius 1 is 1.22 bits per heavy atom. The van der Waals surface area contributed by atoms with Crippen molar-refractivity contribution in [1.29, 1.82) is 0 Å². The first-order chi connectivity index (χ1) is 11.0. The SMILES string of the molecule is CC1(C)NC(=O)N(CCSc2nnc(C3CC3)n2C2CC2)C1=O. The molecule has 0 atom stereocenters. The van der Waals surface area contributed by atoms with Gasteiger partial charge in [-0.3, -0.25) is 9.69 Å². The molecule has 0 bridgehead atoms. The van der Waals surface area contributed by atoms with Crippen molar-refractivity contribution in [2.45, 2.75) is 62.2 Å². The normalized spacial score (nSPS) is 23.5. The number of urea groups is 1. The summed E-state index contributed by atoms with van der Waals surface area (Å²) in [5, 5.41) is 12.4. The average Bonchev–Trinajstić information content (AvgIpc) is 3.40. The van der Waals surface area contributed by atoms with Gasteiger partial charge in [0.05, 0.1) is 0 Å². The Kier molecular flexibility index (Phi) is 3.40. The number of nitrogens with one attached hydrogen (secondary N) is 1. The number of amides is 3. The quantitative estimate of drug-likeness (QED) is 0.634. The van der Waals surface area contributed by atoms with E-state index in [9.17, 15) is 9.59 Å². The van der Waals surface area contributed by atoms with Crippen LogP contribution in [0.15, 0.2) is 5.16 Å². The first-order valence-electron chi connectivity index (χ1n) is 8.19. The molecule has 124 valence electrons. The van der Waals surface area contributed by atoms with E-state index in [1.54, 1.807) is 25.6 Å². The maximum atomic E-state index is 12.2. The van der Waals surface area contributed by atoms with E-state index in [2.05, 4.69) is 20.1 Å². The van der Waals surface area contributed by atoms with E-state index in [1.807, 2.05) is 0 Å². The van der Waals surface area contributed by atoms with Crippen molar-refractivity contribution < 1.29 is 9.59 Å². The Balaban J connectivity index is 1.40. The highest BCUT2D eigenvalue weighted by atomic mass is 32.2. The number of aromatic nitrogens is 3. The summed E-state index contributed by atoms with van der Waals surface area (Å²) in [5.41, 5.74) is -0.797. The fourth-order valence-electron chi connectivity index (χ4n) is 2.93. The predicted molar refractivity (Wildman–Crippen MR) is 85.3 cm³/mol. The number of imide groups is 1. The topological polar surface area (TPSA) is 80.1 Å². The summed E-state index contributed by atoms with van der Waals surface area (Å²) >= 11 is 1.59. The zero-order valence-electron chi connectivity index (χ0n) is 13.4. The molecule has 0 aromatic carbocycles. The van der Waals surface area contributed by atoms with Crippen molar-refractivity contribution in [2.75, 3.05) is 12.3 Å². The molecule has 7 nitrogen and oxygen atoms in total. The molecule has 23 heavy (non-hydrogen) atoms. The van der Waals surface area contributed by atoms with Crippen LogP contribution in [0, 0.1) is 0 Å². The molecule has 1 aromatic heterocycles. The minimum absolute atomic E-state index is 0.162. The van der Waals surface area contributed by atoms with Crippen molar-refractivity contribution in [3.05, 3.63) is 5.82 Å². The van der Waals surface area contributed by atoms with E-state index in [-0.39, 0.29) is 11.9 Å². The number of carbonyl (C=O) groups excluding carboxylic acids is 2. The van der Waals surface area contributed by atoms with E-state index >= 15 is 0 Å². The molecule has 3 aliphatic rings. The standard InChI is InChI=1S/C15H21N5O2S/c1-15(2)12(21)19(13(22)16-15)7-8-23-14-18-17-11(9-3-4-9)20(14)10-5-6-10/h9-10H,3-8H2,1-2H3,(H,16,22). The minimum atomic E-state index is -0.797. The second-order valence-corrected chi connectivity index (χ2v) is 8.14. The molecule has 8 heteroatoms. The minimum Gasteiger partial charge on any atom is -0.324 e. The highest BCUT2D eigenvalue weighted by Crippen LogP contribution is 2.45. The van der Waals surface area contributed by atoms with Gasteiger partial charge in [-0.25, -0.2) is 4.79 Å². The van der Waals surface area contributed by atoms with Gasteiger partial charge < -0.3 is 9.88 Å². The summed E-state index contributed by atoms with van der Waals surface area (Å²) in [7, 11) is 0. The fraction of sp³-hybridized carbons (Fsp3) is 0.733. The monoisotopic (exact) mass is 335 g/mol. The number of hydrogen-bond donors (Lipinski definition) is 1. The Hall–Kier alpha value is -1.57. The number of thioether (sulfide) groups is 1. The van der Waals surface area contributed by atoms with Crippen LogP contribution in [0.3, 0.4) is 0 Å². The van der Waals surface area contributed by atoms with Crippen molar-refractivity contribution in [3.63, 3.8) is 0 Å². The van der Waals surface area contributed by atoms with E-state index in [0.29, 0.717) is 24.3 Å². The Morgan fingerprint density at radius 2 is 1.96 bits per heavy atom.